The number of hydrogen-bond acceptors (Lipinski definition) is 3. The van der Waals surface area contributed by atoms with Gasteiger partial charge in [-0.2, -0.15) is 0 Å². The average molecular weight is 341 g/mol. The Hall–Kier alpha value is -0.870. The summed E-state index contributed by atoms with van der Waals surface area (Å²) in [6, 6.07) is 8.32. The van der Waals surface area contributed by atoms with Crippen LogP contribution in [0.2, 0.25) is 0 Å². The lowest BCUT2D eigenvalue weighted by Gasteiger charge is -2.43. The molecule has 1 heterocycles. The number of hydrogen-bond donors (Lipinski definition) is 0. The van der Waals surface area contributed by atoms with Crippen LogP contribution in [-0.4, -0.2) is 25.3 Å². The molecule has 1 aromatic rings. The molecule has 1 aliphatic heterocycles. The number of rotatable bonds is 3. The predicted molar refractivity (Wildman–Crippen MR) is 81.7 cm³/mol. The Morgan fingerprint density at radius 3 is 2.45 bits per heavy atom. The lowest BCUT2D eigenvalue weighted by molar-refractivity contribution is -0.182. The Bertz CT molecular complexity index is 473. The van der Waals surface area contributed by atoms with Crippen LogP contribution in [0.5, 0.6) is 0 Å². The number of benzene rings is 1. The number of carbonyl (C=O) groups is 1. The molecule has 0 saturated carbocycles. The minimum atomic E-state index is -0.760. The first kappa shape index (κ1) is 15.5. The van der Waals surface area contributed by atoms with Gasteiger partial charge < -0.3 is 9.47 Å². The van der Waals surface area contributed by atoms with Gasteiger partial charge >= 0.3 is 5.97 Å². The van der Waals surface area contributed by atoms with Gasteiger partial charge in [-0.1, -0.05) is 41.9 Å². The number of ether oxygens (including phenoxy) is 2. The van der Waals surface area contributed by atoms with E-state index in [4.69, 9.17) is 9.47 Å². The van der Waals surface area contributed by atoms with E-state index in [2.05, 4.69) is 35.0 Å². The van der Waals surface area contributed by atoms with Gasteiger partial charge in [-0.3, -0.25) is 0 Å². The molecule has 0 amide bonds. The highest BCUT2D eigenvalue weighted by Gasteiger charge is 2.46. The van der Waals surface area contributed by atoms with Crippen molar-refractivity contribution in [2.75, 3.05) is 13.7 Å². The molecule has 1 aromatic carbocycles. The highest BCUT2D eigenvalue weighted by atomic mass is 79.9. The molecule has 0 bridgehead atoms. The Balaban J connectivity index is 2.17. The Morgan fingerprint density at radius 1 is 1.35 bits per heavy atom. The zero-order valence-electron chi connectivity index (χ0n) is 12.2. The van der Waals surface area contributed by atoms with Crippen LogP contribution < -0.4 is 0 Å². The van der Waals surface area contributed by atoms with Crippen molar-refractivity contribution in [2.24, 2.45) is 0 Å². The second kappa shape index (κ2) is 5.86. The lowest BCUT2D eigenvalue weighted by atomic mass is 9.73. The van der Waals surface area contributed by atoms with Gasteiger partial charge in [0, 0.05) is 9.89 Å². The van der Waals surface area contributed by atoms with Crippen LogP contribution in [0.3, 0.4) is 0 Å². The standard InChI is InChI=1S/C16H21BrO3/c1-4-16(14(18)19-3)10-9-15(2,11-20-16)12-5-7-13(17)8-6-12/h5-8H,4,9-11H2,1-3H3. The quantitative estimate of drug-likeness (QED) is 0.784. The maximum Gasteiger partial charge on any atom is 0.338 e. The fourth-order valence-electron chi connectivity index (χ4n) is 2.77. The summed E-state index contributed by atoms with van der Waals surface area (Å²) < 4.78 is 12.0. The van der Waals surface area contributed by atoms with Crippen LogP contribution in [0, 0.1) is 0 Å². The third-order valence-corrected chi connectivity index (χ3v) is 4.95. The molecule has 2 rings (SSSR count). The summed E-state index contributed by atoms with van der Waals surface area (Å²) in [4.78, 5) is 12.0. The minimum absolute atomic E-state index is 0.0482. The molecule has 2 atom stereocenters. The fourth-order valence-corrected chi connectivity index (χ4v) is 3.03. The highest BCUT2D eigenvalue weighted by molar-refractivity contribution is 9.10. The monoisotopic (exact) mass is 340 g/mol. The van der Waals surface area contributed by atoms with Crippen molar-refractivity contribution >= 4 is 21.9 Å². The van der Waals surface area contributed by atoms with Crippen molar-refractivity contribution < 1.29 is 14.3 Å². The van der Waals surface area contributed by atoms with E-state index in [1.165, 1.54) is 12.7 Å². The van der Waals surface area contributed by atoms with Crippen LogP contribution in [0.15, 0.2) is 28.7 Å². The largest absolute Gasteiger partial charge is 0.467 e. The van der Waals surface area contributed by atoms with Crippen molar-refractivity contribution in [3.63, 3.8) is 0 Å². The molecule has 0 aliphatic carbocycles. The van der Waals surface area contributed by atoms with Gasteiger partial charge in [0.1, 0.15) is 0 Å². The van der Waals surface area contributed by atoms with Gasteiger partial charge in [-0.25, -0.2) is 4.79 Å². The summed E-state index contributed by atoms with van der Waals surface area (Å²) in [5.74, 6) is -0.252. The number of carbonyl (C=O) groups excluding carboxylic acids is 1. The van der Waals surface area contributed by atoms with E-state index in [0.29, 0.717) is 19.4 Å². The molecule has 0 spiro atoms. The van der Waals surface area contributed by atoms with Crippen LogP contribution in [0.1, 0.15) is 38.7 Å². The van der Waals surface area contributed by atoms with Crippen LogP contribution in [0.4, 0.5) is 0 Å². The minimum Gasteiger partial charge on any atom is -0.467 e. The Labute approximate surface area is 128 Å². The van der Waals surface area contributed by atoms with Crippen molar-refractivity contribution in [2.45, 2.75) is 44.1 Å². The number of halogens is 1. The SMILES string of the molecule is CCC1(C(=O)OC)CCC(C)(c2ccc(Br)cc2)CO1. The van der Waals surface area contributed by atoms with E-state index < -0.39 is 5.60 Å². The van der Waals surface area contributed by atoms with Gasteiger partial charge in [0.05, 0.1) is 13.7 Å². The summed E-state index contributed by atoms with van der Waals surface area (Å²) in [5.41, 5.74) is 0.437. The first-order chi connectivity index (χ1) is 9.46. The molecular weight excluding hydrogens is 320 g/mol. The molecule has 1 aliphatic rings. The fraction of sp³-hybridized carbons (Fsp3) is 0.562. The zero-order valence-corrected chi connectivity index (χ0v) is 13.8. The summed E-state index contributed by atoms with van der Waals surface area (Å²) in [5, 5.41) is 0. The maximum absolute atomic E-state index is 12.0. The summed E-state index contributed by atoms with van der Waals surface area (Å²) in [6.07, 6.45) is 2.26. The molecular formula is C16H21BrO3. The van der Waals surface area contributed by atoms with Gasteiger partial charge in [0.2, 0.25) is 0 Å². The topological polar surface area (TPSA) is 35.5 Å². The highest BCUT2D eigenvalue weighted by Crippen LogP contribution is 2.40. The molecule has 0 aromatic heterocycles. The molecule has 3 nitrogen and oxygen atoms in total. The van der Waals surface area contributed by atoms with Crippen molar-refractivity contribution in [3.05, 3.63) is 34.3 Å². The van der Waals surface area contributed by atoms with E-state index in [9.17, 15) is 4.79 Å². The number of methoxy groups -OCH3 is 1. The van der Waals surface area contributed by atoms with Gasteiger partial charge in [-0.15, -0.1) is 0 Å². The predicted octanol–water partition coefficient (Wildman–Crippen LogP) is 3.84. The van der Waals surface area contributed by atoms with E-state index in [1.807, 2.05) is 19.1 Å². The zero-order chi connectivity index (χ0) is 14.8. The van der Waals surface area contributed by atoms with Crippen LogP contribution in [0.25, 0.3) is 0 Å². The van der Waals surface area contributed by atoms with E-state index in [0.717, 1.165) is 10.9 Å². The van der Waals surface area contributed by atoms with E-state index >= 15 is 0 Å². The molecule has 0 radical (unpaired) electrons. The van der Waals surface area contributed by atoms with Gasteiger partial charge in [-0.05, 0) is 37.0 Å². The Kier molecular flexibility index (Phi) is 4.55. The van der Waals surface area contributed by atoms with Crippen molar-refractivity contribution in [1.29, 1.82) is 0 Å². The Morgan fingerprint density at radius 2 is 2.00 bits per heavy atom. The molecule has 1 fully saturated rings. The summed E-state index contributed by atoms with van der Waals surface area (Å²) in [6.45, 7) is 4.70. The molecule has 4 heteroatoms. The lowest BCUT2D eigenvalue weighted by Crippen LogP contribution is -2.50. The first-order valence-electron chi connectivity index (χ1n) is 6.94. The molecule has 2 unspecified atom stereocenters. The molecule has 110 valence electrons. The smallest absolute Gasteiger partial charge is 0.338 e. The van der Waals surface area contributed by atoms with E-state index in [-0.39, 0.29) is 11.4 Å². The van der Waals surface area contributed by atoms with Gasteiger partial charge in [0.25, 0.3) is 0 Å². The summed E-state index contributed by atoms with van der Waals surface area (Å²) in [7, 11) is 1.42. The first-order valence-corrected chi connectivity index (χ1v) is 7.73. The summed E-state index contributed by atoms with van der Waals surface area (Å²) >= 11 is 3.45. The third-order valence-electron chi connectivity index (χ3n) is 4.42. The van der Waals surface area contributed by atoms with Crippen LogP contribution in [-0.2, 0) is 19.7 Å². The second-order valence-electron chi connectivity index (χ2n) is 5.70. The normalized spacial score (nSPS) is 30.0. The molecule has 0 N–H and O–H groups in total. The average Bonchev–Trinajstić information content (AvgIpc) is 2.48. The van der Waals surface area contributed by atoms with Crippen molar-refractivity contribution in [3.8, 4) is 0 Å². The maximum atomic E-state index is 12.0. The van der Waals surface area contributed by atoms with Crippen LogP contribution >= 0.6 is 15.9 Å². The third kappa shape index (κ3) is 2.77. The molecule has 20 heavy (non-hydrogen) atoms. The number of esters is 1. The van der Waals surface area contributed by atoms with Gasteiger partial charge in [0.15, 0.2) is 5.60 Å². The molecule has 1 saturated heterocycles. The second-order valence-corrected chi connectivity index (χ2v) is 6.61. The van der Waals surface area contributed by atoms with E-state index in [1.54, 1.807) is 0 Å². The van der Waals surface area contributed by atoms with Crippen molar-refractivity contribution in [1.82, 2.24) is 0 Å².